The van der Waals surface area contributed by atoms with Crippen molar-refractivity contribution in [2.75, 3.05) is 12.0 Å². The first-order valence-electron chi connectivity index (χ1n) is 9.44. The molecule has 152 valence electrons. The Morgan fingerprint density at radius 3 is 2.70 bits per heavy atom. The molecule has 5 rings (SSSR count). The van der Waals surface area contributed by atoms with Gasteiger partial charge in [0.2, 0.25) is 5.91 Å². The number of hydrogen-bond donors (Lipinski definition) is 0. The lowest BCUT2D eigenvalue weighted by atomic mass is 10.1. The van der Waals surface area contributed by atoms with Crippen LogP contribution in [0.4, 0.5) is 5.13 Å². The summed E-state index contributed by atoms with van der Waals surface area (Å²) in [4.78, 5) is 24.2. The van der Waals surface area contributed by atoms with Crippen LogP contribution < -0.4 is 9.64 Å². The first kappa shape index (κ1) is 19.6. The Kier molecular flexibility index (Phi) is 4.84. The quantitative estimate of drug-likeness (QED) is 0.355. The Balaban J connectivity index is 1.64. The number of carbonyl (C=O) groups excluding carboxylic acids is 1. The minimum absolute atomic E-state index is 0.0302. The van der Waals surface area contributed by atoms with Crippen LogP contribution in [0.2, 0.25) is 5.15 Å². The van der Waals surface area contributed by atoms with Gasteiger partial charge in [-0.3, -0.25) is 9.69 Å². The van der Waals surface area contributed by atoms with Crippen LogP contribution in [0.1, 0.15) is 23.4 Å². The van der Waals surface area contributed by atoms with Gasteiger partial charge in [-0.25, -0.2) is 9.97 Å². The first-order chi connectivity index (χ1) is 14.4. The highest BCUT2D eigenvalue weighted by Gasteiger charge is 2.42. The van der Waals surface area contributed by atoms with E-state index in [9.17, 15) is 4.79 Å². The predicted octanol–water partition coefficient (Wildman–Crippen LogP) is 5.98. The monoisotopic (exact) mass is 455 g/mol. The van der Waals surface area contributed by atoms with Gasteiger partial charge < -0.3 is 4.74 Å². The van der Waals surface area contributed by atoms with Gasteiger partial charge in [0.15, 0.2) is 5.13 Å². The van der Waals surface area contributed by atoms with Gasteiger partial charge in [0, 0.05) is 10.9 Å². The maximum atomic E-state index is 13.1. The van der Waals surface area contributed by atoms with Crippen LogP contribution in [0.15, 0.2) is 42.5 Å². The second kappa shape index (κ2) is 7.41. The van der Waals surface area contributed by atoms with E-state index in [0.29, 0.717) is 10.3 Å². The molecular weight excluding hydrogens is 438 g/mol. The number of hydrogen-bond acceptors (Lipinski definition) is 6. The molecule has 1 saturated heterocycles. The largest absolute Gasteiger partial charge is 0.497 e. The molecule has 5 nitrogen and oxygen atoms in total. The number of amides is 1. The fourth-order valence-corrected chi connectivity index (χ4v) is 6.35. The van der Waals surface area contributed by atoms with Gasteiger partial charge in [-0.15, -0.1) is 11.8 Å². The highest BCUT2D eigenvalue weighted by Crippen LogP contribution is 2.49. The number of benzene rings is 2. The van der Waals surface area contributed by atoms with Crippen LogP contribution in [0, 0.1) is 6.92 Å². The number of aromatic nitrogens is 2. The molecule has 2 aromatic carbocycles. The average Bonchev–Trinajstić information content (AvgIpc) is 3.27. The lowest BCUT2D eigenvalue weighted by molar-refractivity contribution is -0.117. The van der Waals surface area contributed by atoms with E-state index in [1.54, 1.807) is 23.8 Å². The van der Waals surface area contributed by atoms with Crippen molar-refractivity contribution < 1.29 is 9.53 Å². The minimum Gasteiger partial charge on any atom is -0.497 e. The summed E-state index contributed by atoms with van der Waals surface area (Å²) in [5.74, 6) is 0.780. The van der Waals surface area contributed by atoms with E-state index in [-0.39, 0.29) is 16.5 Å². The van der Waals surface area contributed by atoms with E-state index in [4.69, 9.17) is 21.3 Å². The second-order valence-corrected chi connectivity index (χ2v) is 10.0. The van der Waals surface area contributed by atoms with Crippen LogP contribution in [-0.2, 0) is 4.79 Å². The Morgan fingerprint density at radius 2 is 1.90 bits per heavy atom. The zero-order valence-corrected chi connectivity index (χ0v) is 18.9. The van der Waals surface area contributed by atoms with E-state index < -0.39 is 0 Å². The molecule has 0 saturated carbocycles. The van der Waals surface area contributed by atoms with Crippen molar-refractivity contribution in [3.05, 3.63) is 58.7 Å². The fraction of sp³-hybridized carbons (Fsp3) is 0.227. The summed E-state index contributed by atoms with van der Waals surface area (Å²) in [7, 11) is 1.63. The molecule has 0 radical (unpaired) electrons. The highest BCUT2D eigenvalue weighted by molar-refractivity contribution is 8.01. The summed E-state index contributed by atoms with van der Waals surface area (Å²) in [5.41, 5.74) is 3.65. The van der Waals surface area contributed by atoms with Crippen molar-refractivity contribution in [1.29, 1.82) is 0 Å². The summed E-state index contributed by atoms with van der Waals surface area (Å²) in [6.07, 6.45) is 0. The molecule has 0 bridgehead atoms. The summed E-state index contributed by atoms with van der Waals surface area (Å²) in [6.45, 7) is 3.97. The molecule has 8 heteroatoms. The predicted molar refractivity (Wildman–Crippen MR) is 125 cm³/mol. The maximum absolute atomic E-state index is 13.1. The number of rotatable bonds is 3. The molecule has 30 heavy (non-hydrogen) atoms. The van der Waals surface area contributed by atoms with Gasteiger partial charge in [0.25, 0.3) is 0 Å². The van der Waals surface area contributed by atoms with Crippen molar-refractivity contribution in [3.8, 4) is 5.75 Å². The molecule has 0 N–H and O–H groups in total. The molecule has 3 heterocycles. The van der Waals surface area contributed by atoms with Crippen LogP contribution in [-0.4, -0.2) is 28.2 Å². The number of thiazole rings is 1. The molecule has 1 fully saturated rings. The first-order valence-corrected chi connectivity index (χ1v) is 11.6. The second-order valence-electron chi connectivity index (χ2n) is 7.23. The number of methoxy groups -OCH3 is 1. The third kappa shape index (κ3) is 3.21. The van der Waals surface area contributed by atoms with Crippen molar-refractivity contribution in [3.63, 3.8) is 0 Å². The molecule has 1 aliphatic rings. The molecular formula is C22H18ClN3O2S2. The van der Waals surface area contributed by atoms with Crippen LogP contribution in [0.3, 0.4) is 0 Å². The van der Waals surface area contributed by atoms with E-state index in [0.717, 1.165) is 32.4 Å². The van der Waals surface area contributed by atoms with Gasteiger partial charge in [-0.05, 0) is 55.8 Å². The highest BCUT2D eigenvalue weighted by atomic mass is 35.5. The number of fused-ring (bicyclic) bond motifs is 2. The van der Waals surface area contributed by atoms with Gasteiger partial charge in [0.1, 0.15) is 16.3 Å². The number of anilines is 1. The lowest BCUT2D eigenvalue weighted by Gasteiger charge is -2.22. The molecule has 2 atom stereocenters. The molecule has 1 amide bonds. The zero-order chi connectivity index (χ0) is 21.0. The van der Waals surface area contributed by atoms with Crippen molar-refractivity contribution in [1.82, 2.24) is 9.97 Å². The molecule has 1 aliphatic heterocycles. The Bertz CT molecular complexity index is 1310. The summed E-state index contributed by atoms with van der Waals surface area (Å²) >= 11 is 9.68. The normalized spacial score (nSPS) is 19.2. The smallest absolute Gasteiger partial charge is 0.242 e. The number of halogens is 1. The number of aryl methyl sites for hydroxylation is 1. The Morgan fingerprint density at radius 1 is 1.10 bits per heavy atom. The van der Waals surface area contributed by atoms with E-state index in [1.165, 1.54) is 16.9 Å². The van der Waals surface area contributed by atoms with E-state index in [1.807, 2.05) is 43.3 Å². The van der Waals surface area contributed by atoms with Gasteiger partial charge in [-0.2, -0.15) is 0 Å². The van der Waals surface area contributed by atoms with E-state index in [2.05, 4.69) is 18.0 Å². The fourth-order valence-electron chi connectivity index (χ4n) is 3.60. The van der Waals surface area contributed by atoms with Crippen LogP contribution in [0.5, 0.6) is 5.75 Å². The third-order valence-corrected chi connectivity index (χ3v) is 7.81. The zero-order valence-electron chi connectivity index (χ0n) is 16.5. The third-order valence-electron chi connectivity index (χ3n) is 5.16. The maximum Gasteiger partial charge on any atom is 0.242 e. The van der Waals surface area contributed by atoms with Gasteiger partial charge >= 0.3 is 0 Å². The van der Waals surface area contributed by atoms with Gasteiger partial charge in [0.05, 0.1) is 28.1 Å². The van der Waals surface area contributed by atoms with Crippen LogP contribution in [0.25, 0.3) is 21.1 Å². The summed E-state index contributed by atoms with van der Waals surface area (Å²) < 4.78 is 6.41. The number of ether oxygens (including phenoxy) is 1. The topological polar surface area (TPSA) is 55.3 Å². The number of pyridine rings is 1. The van der Waals surface area contributed by atoms with Gasteiger partial charge in [-0.1, -0.05) is 29.0 Å². The lowest BCUT2D eigenvalue weighted by Crippen LogP contribution is -2.30. The molecule has 4 aromatic rings. The molecule has 2 aromatic heterocycles. The Labute approximate surface area is 187 Å². The average molecular weight is 456 g/mol. The minimum atomic E-state index is -0.287. The molecule has 2 unspecified atom stereocenters. The number of carbonyl (C=O) groups is 1. The van der Waals surface area contributed by atoms with Crippen molar-refractivity contribution >= 4 is 66.9 Å². The number of thioether (sulfide) groups is 1. The van der Waals surface area contributed by atoms with Crippen molar-refractivity contribution in [2.45, 2.75) is 24.5 Å². The molecule has 0 aliphatic carbocycles. The number of nitrogens with zero attached hydrogens (tertiary/aromatic N) is 3. The van der Waals surface area contributed by atoms with Crippen LogP contribution >= 0.6 is 34.7 Å². The standard InChI is InChI=1S/C22H18ClN3O2S2/c1-11-4-6-17-18(8-11)30-22(25-17)26-20(27)12(2)29-21(26)15-10-13-9-14(28-3)5-7-16(13)24-19(15)23/h4-10,12,21H,1-3H3. The molecule has 0 spiro atoms. The SMILES string of the molecule is COc1ccc2nc(Cl)c(C3SC(C)C(=O)N3c3nc4ccc(C)cc4s3)cc2c1. The summed E-state index contributed by atoms with van der Waals surface area (Å²) in [6, 6.07) is 13.8. The summed E-state index contributed by atoms with van der Waals surface area (Å²) in [5, 5.41) is 1.52. The van der Waals surface area contributed by atoms with E-state index >= 15 is 0 Å². The van der Waals surface area contributed by atoms with Crippen molar-refractivity contribution in [2.24, 2.45) is 0 Å². The Hall–Kier alpha value is -2.35.